The summed E-state index contributed by atoms with van der Waals surface area (Å²) in [4.78, 5) is 36.5. The monoisotopic (exact) mass is 416 g/mol. The average Bonchev–Trinajstić information content (AvgIpc) is 3.34. The van der Waals surface area contributed by atoms with E-state index in [0.29, 0.717) is 18.7 Å². The van der Waals surface area contributed by atoms with Crippen LogP contribution in [0.4, 0.5) is 5.95 Å². The maximum Gasteiger partial charge on any atom is 0.267 e. The van der Waals surface area contributed by atoms with Gasteiger partial charge in [-0.1, -0.05) is 30.3 Å². The largest absolute Gasteiger partial charge is 0.350 e. The zero-order valence-electron chi connectivity index (χ0n) is 17.3. The minimum Gasteiger partial charge on any atom is -0.350 e. The van der Waals surface area contributed by atoms with Gasteiger partial charge in [0.25, 0.3) is 5.56 Å². The summed E-state index contributed by atoms with van der Waals surface area (Å²) >= 11 is 0. The summed E-state index contributed by atoms with van der Waals surface area (Å²) in [5.74, 6) is 0.517. The van der Waals surface area contributed by atoms with Gasteiger partial charge in [-0.25, -0.2) is 14.6 Å². The number of hydrogen-bond donors (Lipinski definition) is 1. The zero-order valence-corrected chi connectivity index (χ0v) is 17.3. The summed E-state index contributed by atoms with van der Waals surface area (Å²) in [5, 5.41) is 7.37. The Hall–Kier alpha value is -3.55. The lowest BCUT2D eigenvalue weighted by atomic mass is 9.94. The van der Waals surface area contributed by atoms with Gasteiger partial charge >= 0.3 is 0 Å². The molecule has 1 aromatic carbocycles. The van der Waals surface area contributed by atoms with Crippen molar-refractivity contribution >= 4 is 11.9 Å². The van der Waals surface area contributed by atoms with Gasteiger partial charge in [0.2, 0.25) is 11.9 Å². The molecule has 2 aliphatic rings. The number of carbonyl (C=O) groups is 1. The number of nitrogens with zero attached hydrogens (tertiary/aromatic N) is 5. The van der Waals surface area contributed by atoms with E-state index < -0.39 is 0 Å². The molecule has 1 aliphatic heterocycles. The lowest BCUT2D eigenvalue weighted by Crippen LogP contribution is -2.34. The van der Waals surface area contributed by atoms with E-state index in [2.05, 4.69) is 20.3 Å². The maximum atomic E-state index is 12.5. The van der Waals surface area contributed by atoms with E-state index in [9.17, 15) is 9.59 Å². The number of anilines is 1. The summed E-state index contributed by atoms with van der Waals surface area (Å²) in [6.07, 6.45) is 5.62. The molecule has 0 bridgehead atoms. The van der Waals surface area contributed by atoms with Gasteiger partial charge in [-0.15, -0.1) is 0 Å². The average molecular weight is 416 g/mol. The first-order chi connectivity index (χ1) is 15.2. The quantitative estimate of drug-likeness (QED) is 0.681. The van der Waals surface area contributed by atoms with Gasteiger partial charge in [-0.05, 0) is 36.8 Å². The maximum absolute atomic E-state index is 12.5. The molecule has 3 aromatic rings. The van der Waals surface area contributed by atoms with E-state index in [4.69, 9.17) is 4.98 Å². The SMILES string of the molecule is O=C(Cn1nc2c(cc1=O)CCc1nc(N3CCCC3)ncc1-2)NCc1ccccc1. The van der Waals surface area contributed by atoms with Crippen LogP contribution in [0.15, 0.2) is 47.4 Å². The number of amides is 1. The van der Waals surface area contributed by atoms with E-state index in [1.54, 1.807) is 6.07 Å². The molecule has 3 heterocycles. The normalized spacial score (nSPS) is 14.8. The zero-order chi connectivity index (χ0) is 21.2. The summed E-state index contributed by atoms with van der Waals surface area (Å²) < 4.78 is 1.22. The van der Waals surface area contributed by atoms with Crippen molar-refractivity contribution < 1.29 is 4.79 Å². The number of fused-ring (bicyclic) bond motifs is 3. The first-order valence-electron chi connectivity index (χ1n) is 10.7. The molecule has 0 unspecified atom stereocenters. The van der Waals surface area contributed by atoms with Crippen LogP contribution in [0.25, 0.3) is 11.3 Å². The third-order valence-corrected chi connectivity index (χ3v) is 5.83. The summed E-state index contributed by atoms with van der Waals surface area (Å²) in [5.41, 5.74) is 4.12. The molecule has 31 heavy (non-hydrogen) atoms. The standard InChI is InChI=1S/C23H24N6O2/c30-20(24-13-16-6-2-1-3-7-16)15-29-21(31)12-17-8-9-19-18(22(17)27-29)14-25-23(26-19)28-10-4-5-11-28/h1-3,6-7,12,14H,4-5,8-11,13,15H2,(H,24,30). The molecular weight excluding hydrogens is 392 g/mol. The minimum absolute atomic E-state index is 0.124. The minimum atomic E-state index is -0.272. The number of rotatable bonds is 5. The van der Waals surface area contributed by atoms with Crippen molar-refractivity contribution in [3.63, 3.8) is 0 Å². The highest BCUT2D eigenvalue weighted by Crippen LogP contribution is 2.30. The topological polar surface area (TPSA) is 93.0 Å². The van der Waals surface area contributed by atoms with Crippen molar-refractivity contribution in [2.75, 3.05) is 18.0 Å². The summed E-state index contributed by atoms with van der Waals surface area (Å²) in [6.45, 7) is 2.27. The molecule has 0 atom stereocenters. The van der Waals surface area contributed by atoms with E-state index in [1.165, 1.54) is 17.5 Å². The van der Waals surface area contributed by atoms with Crippen LogP contribution in [-0.2, 0) is 30.7 Å². The number of aromatic nitrogens is 4. The fourth-order valence-electron chi connectivity index (χ4n) is 4.16. The van der Waals surface area contributed by atoms with Crippen LogP contribution in [0.5, 0.6) is 0 Å². The Kier molecular flexibility index (Phi) is 5.19. The molecule has 8 heteroatoms. The molecule has 8 nitrogen and oxygen atoms in total. The second kappa shape index (κ2) is 8.29. The van der Waals surface area contributed by atoms with E-state index in [0.717, 1.165) is 47.8 Å². The molecule has 0 saturated carbocycles. The van der Waals surface area contributed by atoms with Crippen molar-refractivity contribution in [3.05, 3.63) is 69.8 Å². The molecule has 1 saturated heterocycles. The van der Waals surface area contributed by atoms with Crippen molar-refractivity contribution in [2.45, 2.75) is 38.8 Å². The number of benzene rings is 1. The smallest absolute Gasteiger partial charge is 0.267 e. The molecule has 1 aliphatic carbocycles. The molecule has 1 N–H and O–H groups in total. The van der Waals surface area contributed by atoms with Crippen LogP contribution < -0.4 is 15.8 Å². The first kappa shape index (κ1) is 19.4. The molecule has 2 aromatic heterocycles. The van der Waals surface area contributed by atoms with Crippen LogP contribution >= 0.6 is 0 Å². The summed E-state index contributed by atoms with van der Waals surface area (Å²) in [7, 11) is 0. The molecule has 0 radical (unpaired) electrons. The highest BCUT2D eigenvalue weighted by atomic mass is 16.2. The summed E-state index contributed by atoms with van der Waals surface area (Å²) in [6, 6.07) is 11.2. The van der Waals surface area contributed by atoms with Crippen molar-refractivity contribution in [3.8, 4) is 11.3 Å². The Labute approximate surface area is 180 Å². The second-order valence-electron chi connectivity index (χ2n) is 8.00. The fourth-order valence-corrected chi connectivity index (χ4v) is 4.16. The third kappa shape index (κ3) is 4.05. The van der Waals surface area contributed by atoms with Crippen molar-refractivity contribution in [1.82, 2.24) is 25.1 Å². The van der Waals surface area contributed by atoms with Crippen LogP contribution in [-0.4, -0.2) is 38.7 Å². The van der Waals surface area contributed by atoms with Crippen LogP contribution in [0.2, 0.25) is 0 Å². The van der Waals surface area contributed by atoms with Crippen LogP contribution in [0, 0.1) is 0 Å². The highest BCUT2D eigenvalue weighted by molar-refractivity contribution is 5.75. The molecule has 158 valence electrons. The fraction of sp³-hybridized carbons (Fsp3) is 0.348. The lowest BCUT2D eigenvalue weighted by molar-refractivity contribution is -0.122. The number of hydrogen-bond acceptors (Lipinski definition) is 6. The van der Waals surface area contributed by atoms with Crippen molar-refractivity contribution in [2.24, 2.45) is 0 Å². The van der Waals surface area contributed by atoms with Gasteiger partial charge in [0.05, 0.1) is 11.4 Å². The van der Waals surface area contributed by atoms with Gasteiger partial charge in [-0.2, -0.15) is 5.10 Å². The third-order valence-electron chi connectivity index (χ3n) is 5.83. The second-order valence-corrected chi connectivity index (χ2v) is 8.00. The lowest BCUT2D eigenvalue weighted by Gasteiger charge is -2.21. The van der Waals surface area contributed by atoms with Gasteiger partial charge in [0.1, 0.15) is 6.54 Å². The molecule has 1 amide bonds. The predicted octanol–water partition coefficient (Wildman–Crippen LogP) is 1.72. The van der Waals surface area contributed by atoms with E-state index in [-0.39, 0.29) is 18.0 Å². The van der Waals surface area contributed by atoms with Gasteiger partial charge < -0.3 is 10.2 Å². The Morgan fingerprint density at radius 3 is 2.71 bits per heavy atom. The van der Waals surface area contributed by atoms with Gasteiger partial charge in [-0.3, -0.25) is 9.59 Å². The van der Waals surface area contributed by atoms with Gasteiger partial charge in [0.15, 0.2) is 0 Å². The van der Waals surface area contributed by atoms with Crippen LogP contribution in [0.3, 0.4) is 0 Å². The molecule has 0 spiro atoms. The van der Waals surface area contributed by atoms with Crippen LogP contribution in [0.1, 0.15) is 29.7 Å². The molecule has 5 rings (SSSR count). The van der Waals surface area contributed by atoms with E-state index >= 15 is 0 Å². The Bertz CT molecular complexity index is 1170. The molecular formula is C23H24N6O2. The Morgan fingerprint density at radius 1 is 1.10 bits per heavy atom. The van der Waals surface area contributed by atoms with E-state index in [1.807, 2.05) is 36.5 Å². The Balaban J connectivity index is 1.36. The highest BCUT2D eigenvalue weighted by Gasteiger charge is 2.24. The van der Waals surface area contributed by atoms with Gasteiger partial charge in [0, 0.05) is 37.5 Å². The molecule has 1 fully saturated rings. The number of carbonyl (C=O) groups excluding carboxylic acids is 1. The first-order valence-corrected chi connectivity index (χ1v) is 10.7. The van der Waals surface area contributed by atoms with Crippen molar-refractivity contribution in [1.29, 1.82) is 0 Å². The Morgan fingerprint density at radius 2 is 1.90 bits per heavy atom. The number of aryl methyl sites for hydroxylation is 2. The predicted molar refractivity (Wildman–Crippen MR) is 117 cm³/mol. The number of nitrogens with one attached hydrogen (secondary N) is 1.